The van der Waals surface area contributed by atoms with Crippen molar-refractivity contribution in [1.29, 1.82) is 0 Å². The molecule has 1 aromatic rings. The second kappa shape index (κ2) is 6.33. The molecule has 25 heavy (non-hydrogen) atoms. The number of carbonyl (C=O) groups is 2. The normalized spacial score (nSPS) is 23.6. The summed E-state index contributed by atoms with van der Waals surface area (Å²) in [7, 11) is 0. The van der Waals surface area contributed by atoms with Crippen LogP contribution in [-0.2, 0) is 9.59 Å². The predicted molar refractivity (Wildman–Crippen MR) is 83.9 cm³/mol. The van der Waals surface area contributed by atoms with Gasteiger partial charge in [0, 0.05) is 18.7 Å². The second-order valence-corrected chi connectivity index (χ2v) is 6.46. The molecule has 1 N–H and O–H groups in total. The van der Waals surface area contributed by atoms with E-state index in [1.165, 1.54) is 4.90 Å². The molecule has 0 aliphatic carbocycles. The van der Waals surface area contributed by atoms with E-state index in [9.17, 15) is 27.9 Å². The first-order valence-electron chi connectivity index (χ1n) is 8.18. The van der Waals surface area contributed by atoms with Crippen LogP contribution in [0.2, 0.25) is 0 Å². The van der Waals surface area contributed by atoms with Crippen LogP contribution >= 0.6 is 0 Å². The molecule has 1 fully saturated rings. The van der Waals surface area contributed by atoms with Gasteiger partial charge in [0.25, 0.3) is 0 Å². The number of anilines is 1. The summed E-state index contributed by atoms with van der Waals surface area (Å²) in [6.45, 7) is 1.92. The number of para-hydroxylation sites is 1. The molecule has 3 rings (SSSR count). The number of alkyl halides is 3. The minimum absolute atomic E-state index is 0.0775. The molecule has 0 radical (unpaired) electrons. The lowest BCUT2D eigenvalue weighted by Gasteiger charge is -2.36. The minimum atomic E-state index is -4.99. The first-order valence-corrected chi connectivity index (χ1v) is 8.18. The lowest BCUT2D eigenvalue weighted by Crippen LogP contribution is -2.52. The average Bonchev–Trinajstić information content (AvgIpc) is 3.03. The Morgan fingerprint density at radius 2 is 1.92 bits per heavy atom. The van der Waals surface area contributed by atoms with Crippen molar-refractivity contribution in [2.75, 3.05) is 18.0 Å². The van der Waals surface area contributed by atoms with Crippen LogP contribution in [0.3, 0.4) is 0 Å². The zero-order valence-electron chi connectivity index (χ0n) is 13.7. The van der Waals surface area contributed by atoms with Gasteiger partial charge in [0.1, 0.15) is 6.04 Å². The highest BCUT2D eigenvalue weighted by Gasteiger charge is 2.48. The van der Waals surface area contributed by atoms with Crippen molar-refractivity contribution in [3.8, 4) is 0 Å². The molecule has 2 atom stereocenters. The number of hydrogen-bond acceptors (Lipinski definition) is 3. The van der Waals surface area contributed by atoms with E-state index in [1.807, 2.05) is 0 Å². The van der Waals surface area contributed by atoms with Crippen LogP contribution < -0.4 is 4.90 Å². The highest BCUT2D eigenvalue weighted by Crippen LogP contribution is 2.38. The molecule has 136 valence electrons. The van der Waals surface area contributed by atoms with E-state index in [-0.39, 0.29) is 19.5 Å². The Morgan fingerprint density at radius 1 is 1.20 bits per heavy atom. The van der Waals surface area contributed by atoms with Crippen LogP contribution in [0.25, 0.3) is 0 Å². The summed E-state index contributed by atoms with van der Waals surface area (Å²) in [6.07, 6.45) is -4.83. The molecule has 2 aliphatic heterocycles. The second-order valence-electron chi connectivity index (χ2n) is 6.46. The lowest BCUT2D eigenvalue weighted by molar-refractivity contribution is -0.186. The number of benzene rings is 1. The van der Waals surface area contributed by atoms with Gasteiger partial charge >= 0.3 is 12.1 Å². The third kappa shape index (κ3) is 3.10. The Morgan fingerprint density at radius 3 is 2.60 bits per heavy atom. The van der Waals surface area contributed by atoms with Gasteiger partial charge in [-0.15, -0.1) is 0 Å². The highest BCUT2D eigenvalue weighted by molar-refractivity contribution is 6.01. The Hall–Kier alpha value is -2.09. The zero-order chi connectivity index (χ0) is 18.4. The summed E-state index contributed by atoms with van der Waals surface area (Å²) in [4.78, 5) is 26.6. The lowest BCUT2D eigenvalue weighted by atomic mass is 9.95. The molecule has 2 heterocycles. The number of fused-ring (bicyclic) bond motifs is 1. The first-order chi connectivity index (χ1) is 11.7. The minimum Gasteiger partial charge on any atom is -0.388 e. The fraction of sp³-hybridized carbons (Fsp3) is 0.529. The number of nitrogens with zero attached hydrogens (tertiary/aromatic N) is 2. The third-order valence-corrected chi connectivity index (χ3v) is 4.83. The maximum atomic E-state index is 12.9. The van der Waals surface area contributed by atoms with Crippen molar-refractivity contribution < 1.29 is 27.9 Å². The third-order valence-electron chi connectivity index (χ3n) is 4.83. The molecular formula is C17H19F3N2O3. The molecule has 0 saturated carbocycles. The number of carbonyl (C=O) groups excluding carboxylic acids is 2. The molecule has 0 aromatic heterocycles. The Labute approximate surface area is 143 Å². The summed E-state index contributed by atoms with van der Waals surface area (Å²) < 4.78 is 38.4. The van der Waals surface area contributed by atoms with Crippen molar-refractivity contribution >= 4 is 17.5 Å². The van der Waals surface area contributed by atoms with Gasteiger partial charge in [0.15, 0.2) is 0 Å². The van der Waals surface area contributed by atoms with Crippen molar-refractivity contribution in [2.45, 2.75) is 44.5 Å². The molecule has 2 amide bonds. The number of aliphatic hydroxyl groups excluding tert-OH is 1. The summed E-state index contributed by atoms with van der Waals surface area (Å²) in [6, 6.07) is 4.14. The highest BCUT2D eigenvalue weighted by atomic mass is 19.4. The van der Waals surface area contributed by atoms with Crippen molar-refractivity contribution in [3.05, 3.63) is 29.3 Å². The monoisotopic (exact) mass is 356 g/mol. The van der Waals surface area contributed by atoms with Gasteiger partial charge in [-0.1, -0.05) is 18.2 Å². The zero-order valence-corrected chi connectivity index (χ0v) is 13.7. The number of likely N-dealkylation sites (tertiary alicyclic amines) is 1. The molecule has 0 bridgehead atoms. The number of amides is 2. The summed E-state index contributed by atoms with van der Waals surface area (Å²) in [5.41, 5.74) is 1.89. The molecule has 1 saturated heterocycles. The van der Waals surface area contributed by atoms with Crippen LogP contribution in [0.1, 0.15) is 36.5 Å². The van der Waals surface area contributed by atoms with Crippen LogP contribution in [0.4, 0.5) is 18.9 Å². The standard InChI is InChI=1S/C17H19F3N2O3/c1-10-4-2-5-11-13(23)7-9-22(14(10)11)15(24)12-6-3-8-21(12)16(25)17(18,19)20/h2,4-5,12-13,23H,3,6-9H2,1H3. The molecule has 0 spiro atoms. The van der Waals surface area contributed by atoms with Crippen molar-refractivity contribution in [3.63, 3.8) is 0 Å². The maximum Gasteiger partial charge on any atom is 0.471 e. The van der Waals surface area contributed by atoms with Crippen LogP contribution in [0.5, 0.6) is 0 Å². The Balaban J connectivity index is 1.92. The van der Waals surface area contributed by atoms with Crippen molar-refractivity contribution in [2.24, 2.45) is 0 Å². The number of aliphatic hydroxyl groups is 1. The van der Waals surface area contributed by atoms with Gasteiger partial charge in [-0.05, 0) is 31.7 Å². The van der Waals surface area contributed by atoms with Gasteiger partial charge < -0.3 is 14.9 Å². The van der Waals surface area contributed by atoms with E-state index >= 15 is 0 Å². The van der Waals surface area contributed by atoms with Gasteiger partial charge in [-0.2, -0.15) is 13.2 Å². The quantitative estimate of drug-likeness (QED) is 0.840. The maximum absolute atomic E-state index is 12.9. The molecule has 2 aliphatic rings. The van der Waals surface area contributed by atoms with E-state index < -0.39 is 30.1 Å². The number of halogens is 3. The van der Waals surface area contributed by atoms with E-state index in [1.54, 1.807) is 25.1 Å². The summed E-state index contributed by atoms with van der Waals surface area (Å²) in [5, 5.41) is 10.1. The van der Waals surface area contributed by atoms with Crippen LogP contribution in [0, 0.1) is 6.92 Å². The van der Waals surface area contributed by atoms with Gasteiger partial charge in [-0.25, -0.2) is 0 Å². The fourth-order valence-corrected chi connectivity index (χ4v) is 3.67. The van der Waals surface area contributed by atoms with Gasteiger partial charge in [0.05, 0.1) is 11.8 Å². The topological polar surface area (TPSA) is 60.9 Å². The molecular weight excluding hydrogens is 337 g/mol. The van der Waals surface area contributed by atoms with Gasteiger partial charge in [-0.3, -0.25) is 9.59 Å². The van der Waals surface area contributed by atoms with E-state index in [4.69, 9.17) is 0 Å². The molecule has 2 unspecified atom stereocenters. The first kappa shape index (κ1) is 17.7. The van der Waals surface area contributed by atoms with E-state index in [0.717, 1.165) is 5.56 Å². The van der Waals surface area contributed by atoms with Crippen LogP contribution in [0.15, 0.2) is 18.2 Å². The summed E-state index contributed by atoms with van der Waals surface area (Å²) in [5.74, 6) is -2.48. The fourth-order valence-electron chi connectivity index (χ4n) is 3.67. The molecule has 8 heteroatoms. The van der Waals surface area contributed by atoms with E-state index in [2.05, 4.69) is 0 Å². The Bertz CT molecular complexity index is 705. The Kier molecular flexibility index (Phi) is 4.49. The van der Waals surface area contributed by atoms with Gasteiger partial charge in [0.2, 0.25) is 5.91 Å². The average molecular weight is 356 g/mol. The number of aryl methyl sites for hydroxylation is 1. The number of rotatable bonds is 1. The van der Waals surface area contributed by atoms with Crippen LogP contribution in [-0.4, -0.2) is 47.1 Å². The summed E-state index contributed by atoms with van der Waals surface area (Å²) >= 11 is 0. The van der Waals surface area contributed by atoms with E-state index in [0.29, 0.717) is 29.0 Å². The predicted octanol–water partition coefficient (Wildman–Crippen LogP) is 2.32. The number of hydrogen-bond donors (Lipinski definition) is 1. The molecule has 1 aromatic carbocycles. The van der Waals surface area contributed by atoms with Crippen molar-refractivity contribution in [1.82, 2.24) is 4.90 Å². The SMILES string of the molecule is Cc1cccc2c1N(C(=O)C1CCCN1C(=O)C(F)(F)F)CCC2O. The largest absolute Gasteiger partial charge is 0.471 e. The molecule has 5 nitrogen and oxygen atoms in total. The smallest absolute Gasteiger partial charge is 0.388 e.